The molecule has 0 spiro atoms. The number of benzene rings is 3. The number of phenols is 1. The van der Waals surface area contributed by atoms with Crippen molar-refractivity contribution in [2.24, 2.45) is 0 Å². The van der Waals surface area contributed by atoms with Gasteiger partial charge in [-0.25, -0.2) is 13.2 Å². The van der Waals surface area contributed by atoms with Gasteiger partial charge in [0, 0.05) is 18.3 Å². The fourth-order valence-electron chi connectivity index (χ4n) is 5.98. The van der Waals surface area contributed by atoms with E-state index in [4.69, 9.17) is 0 Å². The molecule has 1 atom stereocenters. The molecule has 2 N–H and O–H groups in total. The van der Waals surface area contributed by atoms with Crippen LogP contribution in [0.5, 0.6) is 5.75 Å². The van der Waals surface area contributed by atoms with Crippen LogP contribution in [0.3, 0.4) is 0 Å². The number of amides is 1. The van der Waals surface area contributed by atoms with Gasteiger partial charge >= 0.3 is 5.97 Å². The molecule has 3 aromatic carbocycles. The Balaban J connectivity index is 1.46. The first-order chi connectivity index (χ1) is 19.6. The molecule has 0 aromatic heterocycles. The van der Waals surface area contributed by atoms with Crippen LogP contribution in [0.25, 0.3) is 0 Å². The molecule has 2 fully saturated rings. The number of nitrogens with zero attached hydrogens (tertiary/aromatic N) is 2. The molecule has 3 aromatic rings. The monoisotopic (exact) mass is 576 g/mol. The summed E-state index contributed by atoms with van der Waals surface area (Å²) in [6, 6.07) is 17.8. The summed E-state index contributed by atoms with van der Waals surface area (Å²) in [5, 5.41) is 19.8. The van der Waals surface area contributed by atoms with Crippen molar-refractivity contribution in [3.63, 3.8) is 0 Å². The summed E-state index contributed by atoms with van der Waals surface area (Å²) < 4.78 is 28.4. The lowest BCUT2D eigenvalue weighted by Crippen LogP contribution is -2.47. The molecule has 8 nitrogen and oxygen atoms in total. The number of anilines is 1. The van der Waals surface area contributed by atoms with Gasteiger partial charge in [0.25, 0.3) is 0 Å². The van der Waals surface area contributed by atoms with Crippen LogP contribution in [0.2, 0.25) is 0 Å². The van der Waals surface area contributed by atoms with Gasteiger partial charge in [0.2, 0.25) is 15.9 Å². The zero-order valence-corrected chi connectivity index (χ0v) is 24.0. The third kappa shape index (κ3) is 6.16. The molecule has 216 valence electrons. The molecule has 41 heavy (non-hydrogen) atoms. The zero-order valence-electron chi connectivity index (χ0n) is 23.2. The minimum absolute atomic E-state index is 0.135. The quantitative estimate of drug-likeness (QED) is 0.349. The Morgan fingerprint density at radius 3 is 2.22 bits per heavy atom. The van der Waals surface area contributed by atoms with Crippen molar-refractivity contribution in [1.82, 2.24) is 4.31 Å². The molecule has 2 aliphatic rings. The van der Waals surface area contributed by atoms with Gasteiger partial charge < -0.3 is 15.1 Å². The highest BCUT2D eigenvalue weighted by Crippen LogP contribution is 2.34. The number of carboxylic acid groups (broad SMARTS) is 1. The predicted molar refractivity (Wildman–Crippen MR) is 157 cm³/mol. The molecule has 0 bridgehead atoms. The number of hydrogen-bond donors (Lipinski definition) is 2. The summed E-state index contributed by atoms with van der Waals surface area (Å²) >= 11 is 0. The molecule has 5 rings (SSSR count). The van der Waals surface area contributed by atoms with Crippen LogP contribution in [0.1, 0.15) is 77.9 Å². The Kier molecular flexibility index (Phi) is 8.47. The summed E-state index contributed by atoms with van der Waals surface area (Å²) in [5.74, 6) is -1.63. The van der Waals surface area contributed by atoms with Crippen molar-refractivity contribution in [2.75, 3.05) is 11.4 Å². The zero-order chi connectivity index (χ0) is 29.1. The van der Waals surface area contributed by atoms with Crippen molar-refractivity contribution in [2.45, 2.75) is 75.3 Å². The topological polar surface area (TPSA) is 115 Å². The molecule has 1 heterocycles. The van der Waals surface area contributed by atoms with Gasteiger partial charge in [-0.3, -0.25) is 4.79 Å². The van der Waals surface area contributed by atoms with Crippen LogP contribution < -0.4 is 4.90 Å². The second-order valence-electron chi connectivity index (χ2n) is 11.1. The SMILES string of the molecule is Cc1ccc(S(=O)(=O)N2CCCC2C(=O)N(Cc2ccc(C3CCCCC3)cc2)c2ccc(C(=O)O)c(O)c2)cc1. The highest BCUT2D eigenvalue weighted by Gasteiger charge is 2.41. The van der Waals surface area contributed by atoms with Gasteiger partial charge in [-0.2, -0.15) is 4.31 Å². The molecule has 1 aliphatic heterocycles. The van der Waals surface area contributed by atoms with Gasteiger partial charge in [0.05, 0.1) is 11.4 Å². The Morgan fingerprint density at radius 1 is 0.902 bits per heavy atom. The minimum Gasteiger partial charge on any atom is -0.507 e. The highest BCUT2D eigenvalue weighted by atomic mass is 32.2. The van der Waals surface area contributed by atoms with E-state index in [1.165, 1.54) is 65.1 Å². The second kappa shape index (κ2) is 12.0. The number of carbonyl (C=O) groups is 2. The summed E-state index contributed by atoms with van der Waals surface area (Å²) in [5.41, 5.74) is 3.09. The van der Waals surface area contributed by atoms with E-state index in [9.17, 15) is 28.2 Å². The van der Waals surface area contributed by atoms with Crippen molar-refractivity contribution in [1.29, 1.82) is 0 Å². The predicted octanol–water partition coefficient (Wildman–Crippen LogP) is 5.83. The normalized spacial score (nSPS) is 18.3. The average Bonchev–Trinajstić information content (AvgIpc) is 3.48. The Hall–Kier alpha value is -3.69. The molecule has 0 radical (unpaired) electrons. The Morgan fingerprint density at radius 2 is 1.59 bits per heavy atom. The molecule has 1 aliphatic carbocycles. The third-order valence-corrected chi connectivity index (χ3v) is 10.2. The average molecular weight is 577 g/mol. The second-order valence-corrected chi connectivity index (χ2v) is 13.0. The Bertz CT molecular complexity index is 1510. The maximum atomic E-state index is 14.2. The number of hydrogen-bond acceptors (Lipinski definition) is 5. The summed E-state index contributed by atoms with van der Waals surface area (Å²) in [7, 11) is -3.92. The van der Waals surface area contributed by atoms with Crippen LogP contribution in [0, 0.1) is 6.92 Å². The minimum atomic E-state index is -3.92. The van der Waals surface area contributed by atoms with Gasteiger partial charge in [-0.1, -0.05) is 61.2 Å². The smallest absolute Gasteiger partial charge is 0.339 e. The van der Waals surface area contributed by atoms with Crippen molar-refractivity contribution in [3.05, 3.63) is 89.0 Å². The maximum Gasteiger partial charge on any atom is 0.339 e. The number of sulfonamides is 1. The van der Waals surface area contributed by atoms with E-state index in [1.807, 2.05) is 19.1 Å². The molecule has 9 heteroatoms. The number of aromatic carboxylic acids is 1. The van der Waals surface area contributed by atoms with Gasteiger partial charge in [0.1, 0.15) is 17.4 Å². The van der Waals surface area contributed by atoms with E-state index < -0.39 is 33.7 Å². The number of rotatable bonds is 8. The van der Waals surface area contributed by atoms with E-state index in [-0.39, 0.29) is 23.5 Å². The van der Waals surface area contributed by atoms with Crippen LogP contribution in [0.4, 0.5) is 5.69 Å². The molecule has 1 amide bonds. The number of carbonyl (C=O) groups excluding carboxylic acids is 1. The largest absolute Gasteiger partial charge is 0.507 e. The first kappa shape index (κ1) is 28.8. The highest BCUT2D eigenvalue weighted by molar-refractivity contribution is 7.89. The van der Waals surface area contributed by atoms with Crippen LogP contribution in [0.15, 0.2) is 71.6 Å². The van der Waals surface area contributed by atoms with Gasteiger partial charge in [-0.15, -0.1) is 0 Å². The van der Waals surface area contributed by atoms with Gasteiger partial charge in [-0.05, 0) is 73.9 Å². The van der Waals surface area contributed by atoms with E-state index >= 15 is 0 Å². The molecular formula is C32H36N2O6S. The van der Waals surface area contributed by atoms with E-state index in [0.29, 0.717) is 24.4 Å². The van der Waals surface area contributed by atoms with Crippen molar-refractivity contribution in [3.8, 4) is 5.75 Å². The van der Waals surface area contributed by atoms with Crippen LogP contribution in [-0.2, 0) is 21.4 Å². The third-order valence-electron chi connectivity index (χ3n) is 8.30. The summed E-state index contributed by atoms with van der Waals surface area (Å²) in [6.45, 7) is 2.24. The van der Waals surface area contributed by atoms with Crippen LogP contribution >= 0.6 is 0 Å². The lowest BCUT2D eigenvalue weighted by atomic mass is 9.84. The van der Waals surface area contributed by atoms with Gasteiger partial charge in [0.15, 0.2) is 0 Å². The molecular weight excluding hydrogens is 540 g/mol. The number of aryl methyl sites for hydroxylation is 1. The lowest BCUT2D eigenvalue weighted by molar-refractivity contribution is -0.121. The maximum absolute atomic E-state index is 14.2. The standard InChI is InChI=1S/C32H36N2O6S/c1-22-9-16-27(17-10-22)41(39,40)34-19-5-8-29(34)31(36)33(26-15-18-28(32(37)38)30(35)20-26)21-23-11-13-25(14-12-23)24-6-3-2-4-7-24/h9-18,20,24,29,35H,2-8,19,21H2,1H3,(H,37,38). The summed E-state index contributed by atoms with van der Waals surface area (Å²) in [4.78, 5) is 27.2. The lowest BCUT2D eigenvalue weighted by Gasteiger charge is -2.30. The first-order valence-electron chi connectivity index (χ1n) is 14.2. The molecule has 1 saturated carbocycles. The Labute approximate surface area is 241 Å². The van der Waals surface area contributed by atoms with E-state index in [0.717, 1.165) is 11.1 Å². The number of aromatic hydroxyl groups is 1. The first-order valence-corrected chi connectivity index (χ1v) is 15.6. The molecule has 1 saturated heterocycles. The van der Waals surface area contributed by atoms with Crippen LogP contribution in [-0.4, -0.2) is 47.4 Å². The van der Waals surface area contributed by atoms with Crippen molar-refractivity contribution < 1.29 is 28.2 Å². The fourth-order valence-corrected chi connectivity index (χ4v) is 7.63. The fraction of sp³-hybridized carbons (Fsp3) is 0.375. The van der Waals surface area contributed by atoms with Crippen molar-refractivity contribution >= 4 is 27.6 Å². The van der Waals surface area contributed by atoms with E-state index in [1.54, 1.807) is 24.3 Å². The molecule has 1 unspecified atom stereocenters. The summed E-state index contributed by atoms with van der Waals surface area (Å²) in [6.07, 6.45) is 6.98. The number of carboxylic acids is 1. The van der Waals surface area contributed by atoms with E-state index in [2.05, 4.69) is 12.1 Å².